The van der Waals surface area contributed by atoms with Gasteiger partial charge in [0.25, 0.3) is 11.4 Å². The second-order valence-electron chi connectivity index (χ2n) is 17.5. The summed E-state index contributed by atoms with van der Waals surface area (Å²) in [6.07, 6.45) is 0. The Morgan fingerprint density at radius 2 is 0.600 bits per heavy atom. The maximum atomic E-state index is 11.3. The zero-order valence-electron chi connectivity index (χ0n) is 31.9. The van der Waals surface area contributed by atoms with Crippen LogP contribution >= 0.6 is 0 Å². The first kappa shape index (κ1) is 36.1. The minimum atomic E-state index is -0.307. The van der Waals surface area contributed by atoms with Crippen LogP contribution in [-0.4, -0.2) is 9.85 Å². The summed E-state index contributed by atoms with van der Waals surface area (Å²) in [4.78, 5) is 21.9. The molecular formula is C49H46N2O4. The summed E-state index contributed by atoms with van der Waals surface area (Å²) in [5.41, 5.74) is 19.6. The third-order valence-electron chi connectivity index (χ3n) is 13.1. The van der Waals surface area contributed by atoms with Gasteiger partial charge in [-0.05, 0) is 125 Å². The zero-order chi connectivity index (χ0) is 38.3. The van der Waals surface area contributed by atoms with Crippen LogP contribution in [0.1, 0.15) is 107 Å². The molecule has 0 atom stereocenters. The van der Waals surface area contributed by atoms with Crippen molar-refractivity contribution in [1.82, 2.24) is 0 Å². The van der Waals surface area contributed by atoms with Gasteiger partial charge in [-0.25, -0.2) is 0 Å². The number of hydrogen-bond donors (Lipinski definition) is 0. The number of hydrogen-bond acceptors (Lipinski definition) is 4. The molecule has 0 aliphatic heterocycles. The molecule has 6 nitrogen and oxygen atoms in total. The van der Waals surface area contributed by atoms with Crippen molar-refractivity contribution in [3.8, 4) is 44.5 Å². The molecule has 0 saturated heterocycles. The summed E-state index contributed by atoms with van der Waals surface area (Å²) in [6, 6.07) is 37.1. The Morgan fingerprint density at radius 3 is 0.909 bits per heavy atom. The molecule has 0 bridgehead atoms. The maximum absolute atomic E-state index is 11.3. The highest BCUT2D eigenvalue weighted by molar-refractivity contribution is 5.91. The second kappa shape index (κ2) is 11.6. The molecule has 6 aromatic carbocycles. The molecule has 6 aromatic rings. The van der Waals surface area contributed by atoms with Crippen molar-refractivity contribution in [2.75, 3.05) is 0 Å². The molecule has 4 aliphatic rings. The number of fused-ring (bicyclic) bond motifs is 12. The third kappa shape index (κ3) is 4.79. The fourth-order valence-corrected chi connectivity index (χ4v) is 10.1. The Morgan fingerprint density at radius 1 is 0.345 bits per heavy atom. The largest absolute Gasteiger partial charge is 0.269 e. The van der Waals surface area contributed by atoms with E-state index in [0.717, 1.165) is 22.3 Å². The molecule has 10 rings (SSSR count). The molecule has 0 radical (unpaired) electrons. The highest BCUT2D eigenvalue weighted by Gasteiger charge is 2.43. The highest BCUT2D eigenvalue weighted by Crippen LogP contribution is 2.58. The highest BCUT2D eigenvalue weighted by atomic mass is 16.6. The fourth-order valence-electron chi connectivity index (χ4n) is 10.1. The van der Waals surface area contributed by atoms with Crippen LogP contribution in [0.5, 0.6) is 0 Å². The predicted octanol–water partition coefficient (Wildman–Crippen LogP) is 13.1. The fraction of sp³-hybridized carbons (Fsp3) is 0.265. The van der Waals surface area contributed by atoms with Gasteiger partial charge >= 0.3 is 0 Å². The number of benzene rings is 6. The van der Waals surface area contributed by atoms with E-state index < -0.39 is 0 Å². The maximum Gasteiger partial charge on any atom is 0.269 e. The van der Waals surface area contributed by atoms with E-state index in [-0.39, 0.29) is 50.3 Å². The Hall–Kier alpha value is -5.88. The van der Waals surface area contributed by atoms with E-state index in [1.165, 1.54) is 66.8 Å². The Balaban J connectivity index is 0.000000153. The standard InChI is InChI=1S/2C24H21NO2.CH4/c2*1-23(2)19-8-6-5-7-15(19)17-12-22-18(13-21(17)23)16-10-9-14(25(26)27)11-20(16)24(22,3)4;/h2*5-13H,1-4H3;1H4. The van der Waals surface area contributed by atoms with Gasteiger partial charge in [0.2, 0.25) is 0 Å². The lowest BCUT2D eigenvalue weighted by Crippen LogP contribution is -2.17. The number of rotatable bonds is 2. The topological polar surface area (TPSA) is 86.3 Å². The Labute approximate surface area is 323 Å². The van der Waals surface area contributed by atoms with E-state index in [2.05, 4.69) is 128 Å². The number of nitrogens with zero attached hydrogens (tertiary/aromatic N) is 2. The molecule has 0 spiro atoms. The monoisotopic (exact) mass is 726 g/mol. The molecule has 276 valence electrons. The molecule has 0 heterocycles. The van der Waals surface area contributed by atoms with Gasteiger partial charge in [0.05, 0.1) is 9.85 Å². The lowest BCUT2D eigenvalue weighted by atomic mass is 9.79. The lowest BCUT2D eigenvalue weighted by Gasteiger charge is -2.24. The average molecular weight is 727 g/mol. The smallest absolute Gasteiger partial charge is 0.258 e. The van der Waals surface area contributed by atoms with Crippen LogP contribution < -0.4 is 0 Å². The summed E-state index contributed by atoms with van der Waals surface area (Å²) in [5, 5.41) is 22.6. The van der Waals surface area contributed by atoms with Crippen LogP contribution in [0.4, 0.5) is 11.4 Å². The van der Waals surface area contributed by atoms with Gasteiger partial charge in [0.15, 0.2) is 0 Å². The van der Waals surface area contributed by atoms with Gasteiger partial charge in [-0.15, -0.1) is 0 Å². The Kier molecular flexibility index (Phi) is 7.59. The summed E-state index contributed by atoms with van der Waals surface area (Å²) in [6.45, 7) is 17.8. The Bertz CT molecular complexity index is 2490. The van der Waals surface area contributed by atoms with E-state index in [0.29, 0.717) is 0 Å². The van der Waals surface area contributed by atoms with Gasteiger partial charge in [-0.2, -0.15) is 0 Å². The van der Waals surface area contributed by atoms with Crippen LogP contribution in [-0.2, 0) is 21.7 Å². The first-order valence-corrected chi connectivity index (χ1v) is 18.6. The lowest BCUT2D eigenvalue weighted by molar-refractivity contribution is -0.385. The van der Waals surface area contributed by atoms with Crippen molar-refractivity contribution in [3.05, 3.63) is 174 Å². The van der Waals surface area contributed by atoms with Crippen molar-refractivity contribution >= 4 is 11.4 Å². The van der Waals surface area contributed by atoms with Crippen molar-refractivity contribution in [3.63, 3.8) is 0 Å². The van der Waals surface area contributed by atoms with Gasteiger partial charge in [-0.3, -0.25) is 20.2 Å². The van der Waals surface area contributed by atoms with Crippen molar-refractivity contribution < 1.29 is 9.85 Å². The number of nitro benzene ring substituents is 2. The first-order chi connectivity index (χ1) is 25.5. The summed E-state index contributed by atoms with van der Waals surface area (Å²) >= 11 is 0. The SMILES string of the molecule is C.CC1(C)c2ccccc2-c2cc3c(cc21)-c1ccc([N+](=O)[O-])cc1C3(C)C.CC1(C)c2ccccc2-c2cc3c(cc21)-c1ccc([N+](=O)[O-])cc1C3(C)C. The second-order valence-corrected chi connectivity index (χ2v) is 17.5. The van der Waals surface area contributed by atoms with Crippen molar-refractivity contribution in [2.24, 2.45) is 0 Å². The van der Waals surface area contributed by atoms with E-state index in [9.17, 15) is 20.2 Å². The molecule has 0 unspecified atom stereocenters. The predicted molar refractivity (Wildman–Crippen MR) is 223 cm³/mol. The minimum Gasteiger partial charge on any atom is -0.258 e. The molecule has 0 amide bonds. The van der Waals surface area contributed by atoms with E-state index >= 15 is 0 Å². The molecule has 0 N–H and O–H groups in total. The molecule has 0 saturated carbocycles. The molecule has 0 aromatic heterocycles. The zero-order valence-corrected chi connectivity index (χ0v) is 31.9. The summed E-state index contributed by atoms with van der Waals surface area (Å²) < 4.78 is 0. The molecule has 6 heteroatoms. The van der Waals surface area contributed by atoms with Crippen LogP contribution in [0.3, 0.4) is 0 Å². The van der Waals surface area contributed by atoms with Gasteiger partial charge in [0.1, 0.15) is 0 Å². The molecular weight excluding hydrogens is 681 g/mol. The van der Waals surface area contributed by atoms with Gasteiger partial charge in [-0.1, -0.05) is 111 Å². The van der Waals surface area contributed by atoms with Gasteiger partial charge in [0, 0.05) is 45.9 Å². The van der Waals surface area contributed by atoms with E-state index in [4.69, 9.17) is 0 Å². The minimum absolute atomic E-state index is 0. The van der Waals surface area contributed by atoms with E-state index in [1.54, 1.807) is 24.3 Å². The number of nitro groups is 2. The van der Waals surface area contributed by atoms with Crippen LogP contribution in [0.15, 0.2) is 109 Å². The summed E-state index contributed by atoms with van der Waals surface area (Å²) in [5.74, 6) is 0. The average Bonchev–Trinajstić information content (AvgIpc) is 3.70. The number of non-ortho nitro benzene ring substituents is 2. The van der Waals surface area contributed by atoms with Gasteiger partial charge < -0.3 is 0 Å². The summed E-state index contributed by atoms with van der Waals surface area (Å²) in [7, 11) is 0. The third-order valence-corrected chi connectivity index (χ3v) is 13.1. The van der Waals surface area contributed by atoms with Crippen molar-refractivity contribution in [1.29, 1.82) is 0 Å². The molecule has 0 fully saturated rings. The van der Waals surface area contributed by atoms with E-state index in [1.807, 2.05) is 12.1 Å². The normalized spacial score (nSPS) is 16.7. The van der Waals surface area contributed by atoms with Crippen molar-refractivity contribution in [2.45, 2.75) is 84.5 Å². The first-order valence-electron chi connectivity index (χ1n) is 18.6. The van der Waals surface area contributed by atoms with Crippen LogP contribution in [0, 0.1) is 20.2 Å². The molecule has 55 heavy (non-hydrogen) atoms. The van der Waals surface area contributed by atoms with Crippen LogP contribution in [0.2, 0.25) is 0 Å². The molecule has 4 aliphatic carbocycles. The quantitative estimate of drug-likeness (QED) is 0.131. The van der Waals surface area contributed by atoms with Crippen LogP contribution in [0.25, 0.3) is 44.5 Å².